The van der Waals surface area contributed by atoms with Crippen LogP contribution in [0, 0.1) is 0 Å². The molecular weight excluding hydrogens is 312 g/mol. The molecule has 1 aliphatic carbocycles. The van der Waals surface area contributed by atoms with Crippen LogP contribution in [0.2, 0.25) is 0 Å². The molecule has 3 aromatic rings. The van der Waals surface area contributed by atoms with Crippen molar-refractivity contribution in [1.82, 2.24) is 20.1 Å². The van der Waals surface area contributed by atoms with Crippen LogP contribution in [0.25, 0.3) is 11.1 Å². The second-order valence-corrected chi connectivity index (χ2v) is 6.64. The highest BCUT2D eigenvalue weighted by Crippen LogP contribution is 2.34. The molecule has 0 bridgehead atoms. The highest BCUT2D eigenvalue weighted by Gasteiger charge is 2.42. The molecule has 2 N–H and O–H groups in total. The van der Waals surface area contributed by atoms with Crippen LogP contribution in [0.1, 0.15) is 31.0 Å². The van der Waals surface area contributed by atoms with Gasteiger partial charge in [0.25, 0.3) is 0 Å². The van der Waals surface area contributed by atoms with Crippen molar-refractivity contribution in [3.8, 4) is 11.1 Å². The number of nitrogens with zero attached hydrogens (tertiary/aromatic N) is 3. The normalized spacial score (nSPS) is 23.8. The monoisotopic (exact) mass is 334 g/mol. The lowest BCUT2D eigenvalue weighted by Crippen LogP contribution is -2.55. The van der Waals surface area contributed by atoms with Gasteiger partial charge in [-0.2, -0.15) is 5.10 Å². The first kappa shape index (κ1) is 16.0. The van der Waals surface area contributed by atoms with E-state index in [-0.39, 0.29) is 24.2 Å². The summed E-state index contributed by atoms with van der Waals surface area (Å²) in [5, 5.41) is 18.0. The third-order valence-corrected chi connectivity index (χ3v) is 5.00. The summed E-state index contributed by atoms with van der Waals surface area (Å²) in [7, 11) is 0. The van der Waals surface area contributed by atoms with Crippen LogP contribution in [-0.2, 0) is 0 Å². The summed E-state index contributed by atoms with van der Waals surface area (Å²) in [6.07, 6.45) is 7.70. The van der Waals surface area contributed by atoms with Crippen molar-refractivity contribution in [2.45, 2.75) is 37.6 Å². The molecule has 128 valence electrons. The van der Waals surface area contributed by atoms with Crippen LogP contribution in [-0.4, -0.2) is 32.0 Å². The van der Waals surface area contributed by atoms with E-state index < -0.39 is 0 Å². The van der Waals surface area contributed by atoms with Crippen molar-refractivity contribution < 1.29 is 5.11 Å². The van der Waals surface area contributed by atoms with Crippen LogP contribution >= 0.6 is 0 Å². The molecule has 5 nitrogen and oxygen atoms in total. The Balaban J connectivity index is 1.49. The maximum Gasteiger partial charge on any atom is 0.0932 e. The fraction of sp³-hybridized carbons (Fsp3) is 0.300. The first-order chi connectivity index (χ1) is 12.2. The standard InChI is InChI=1S/C20H22N4O/c1-14(23-18-13-19(25)20(18)24-11-3-8-22-24)16-4-2-5-17(12-16)15-6-9-21-10-7-15/h2-12,14,18-20,23,25H,13H2,1H3/t14?,18-,19+,20+/m0/s1. The number of nitrogens with one attached hydrogen (secondary N) is 1. The maximum absolute atomic E-state index is 10.1. The molecule has 0 spiro atoms. The highest BCUT2D eigenvalue weighted by atomic mass is 16.3. The average molecular weight is 334 g/mol. The molecule has 1 unspecified atom stereocenters. The minimum Gasteiger partial charge on any atom is -0.391 e. The van der Waals surface area contributed by atoms with E-state index in [2.05, 4.69) is 46.6 Å². The van der Waals surface area contributed by atoms with Crippen LogP contribution in [0.15, 0.2) is 67.3 Å². The maximum atomic E-state index is 10.1. The molecular formula is C20H22N4O. The summed E-state index contributed by atoms with van der Waals surface area (Å²) in [5.41, 5.74) is 3.58. The van der Waals surface area contributed by atoms with E-state index in [9.17, 15) is 5.11 Å². The number of rotatable bonds is 5. The van der Waals surface area contributed by atoms with Gasteiger partial charge in [-0.05, 0) is 54.3 Å². The molecule has 0 amide bonds. The van der Waals surface area contributed by atoms with E-state index in [0.29, 0.717) is 0 Å². The van der Waals surface area contributed by atoms with Crippen molar-refractivity contribution in [1.29, 1.82) is 0 Å². The predicted molar refractivity (Wildman–Crippen MR) is 96.9 cm³/mol. The number of hydrogen-bond acceptors (Lipinski definition) is 4. The van der Waals surface area contributed by atoms with E-state index in [4.69, 9.17) is 0 Å². The minimum absolute atomic E-state index is 0.000769. The largest absolute Gasteiger partial charge is 0.391 e. The van der Waals surface area contributed by atoms with E-state index in [1.807, 2.05) is 41.5 Å². The highest BCUT2D eigenvalue weighted by molar-refractivity contribution is 5.63. The molecule has 0 aliphatic heterocycles. The van der Waals surface area contributed by atoms with E-state index in [1.54, 1.807) is 6.20 Å². The van der Waals surface area contributed by atoms with Gasteiger partial charge in [-0.3, -0.25) is 9.67 Å². The van der Waals surface area contributed by atoms with Gasteiger partial charge in [0.2, 0.25) is 0 Å². The molecule has 2 heterocycles. The smallest absolute Gasteiger partial charge is 0.0932 e. The van der Waals surface area contributed by atoms with Gasteiger partial charge in [0.1, 0.15) is 0 Å². The molecule has 2 aromatic heterocycles. The van der Waals surface area contributed by atoms with Crippen LogP contribution in [0.3, 0.4) is 0 Å². The van der Waals surface area contributed by atoms with Gasteiger partial charge in [-0.1, -0.05) is 18.2 Å². The van der Waals surface area contributed by atoms with E-state index in [0.717, 1.165) is 12.0 Å². The molecule has 5 heteroatoms. The molecule has 0 radical (unpaired) electrons. The number of aromatic nitrogens is 3. The Labute approximate surface area is 147 Å². The Morgan fingerprint density at radius 1 is 1.12 bits per heavy atom. The summed E-state index contributed by atoms with van der Waals surface area (Å²) < 4.78 is 1.85. The average Bonchev–Trinajstić information content (AvgIpc) is 3.15. The fourth-order valence-electron chi connectivity index (χ4n) is 3.54. The van der Waals surface area contributed by atoms with Gasteiger partial charge in [-0.25, -0.2) is 0 Å². The Morgan fingerprint density at radius 3 is 2.68 bits per heavy atom. The number of aliphatic hydroxyl groups is 1. The number of benzene rings is 1. The van der Waals surface area contributed by atoms with Gasteiger partial charge in [0, 0.05) is 36.9 Å². The molecule has 1 fully saturated rings. The third kappa shape index (κ3) is 3.21. The van der Waals surface area contributed by atoms with Crippen molar-refractivity contribution >= 4 is 0 Å². The summed E-state index contributed by atoms with van der Waals surface area (Å²) in [5.74, 6) is 0. The summed E-state index contributed by atoms with van der Waals surface area (Å²) >= 11 is 0. The molecule has 4 atom stereocenters. The van der Waals surface area contributed by atoms with Crippen LogP contribution in [0.4, 0.5) is 0 Å². The minimum atomic E-state index is -0.340. The SMILES string of the molecule is CC(N[C@H]1C[C@@H](O)[C@@H]1n1cccn1)c1cccc(-c2ccncc2)c1. The number of aliphatic hydroxyl groups excluding tert-OH is 1. The zero-order valence-corrected chi connectivity index (χ0v) is 14.2. The zero-order valence-electron chi connectivity index (χ0n) is 14.2. The summed E-state index contributed by atoms with van der Waals surface area (Å²) in [4.78, 5) is 4.08. The molecule has 0 saturated heterocycles. The van der Waals surface area contributed by atoms with Crippen molar-refractivity contribution in [3.05, 3.63) is 72.8 Å². The second-order valence-electron chi connectivity index (χ2n) is 6.64. The van der Waals surface area contributed by atoms with Crippen molar-refractivity contribution in [2.75, 3.05) is 0 Å². The third-order valence-electron chi connectivity index (χ3n) is 5.00. The molecule has 25 heavy (non-hydrogen) atoms. The lowest BCUT2D eigenvalue weighted by molar-refractivity contribution is -0.0110. The summed E-state index contributed by atoms with van der Waals surface area (Å²) in [6, 6.07) is 14.9. The molecule has 1 saturated carbocycles. The van der Waals surface area contributed by atoms with Gasteiger partial charge in [0.05, 0.1) is 12.1 Å². The Bertz CT molecular complexity index is 819. The lowest BCUT2D eigenvalue weighted by Gasteiger charge is -2.43. The Hall–Kier alpha value is -2.50. The topological polar surface area (TPSA) is 63.0 Å². The summed E-state index contributed by atoms with van der Waals surface area (Å²) in [6.45, 7) is 2.16. The zero-order chi connectivity index (χ0) is 17.2. The van der Waals surface area contributed by atoms with Gasteiger partial charge in [0.15, 0.2) is 0 Å². The molecule has 4 rings (SSSR count). The number of hydrogen-bond donors (Lipinski definition) is 2. The van der Waals surface area contributed by atoms with Gasteiger partial charge < -0.3 is 10.4 Å². The quantitative estimate of drug-likeness (QED) is 0.753. The first-order valence-corrected chi connectivity index (χ1v) is 8.66. The lowest BCUT2D eigenvalue weighted by atomic mass is 9.82. The van der Waals surface area contributed by atoms with Crippen LogP contribution in [0.5, 0.6) is 0 Å². The molecule has 1 aliphatic rings. The van der Waals surface area contributed by atoms with Gasteiger partial charge in [-0.15, -0.1) is 0 Å². The van der Waals surface area contributed by atoms with Crippen molar-refractivity contribution in [3.63, 3.8) is 0 Å². The van der Waals surface area contributed by atoms with E-state index in [1.165, 1.54) is 11.1 Å². The van der Waals surface area contributed by atoms with Gasteiger partial charge >= 0.3 is 0 Å². The Kier molecular flexibility index (Phi) is 4.34. The fourth-order valence-corrected chi connectivity index (χ4v) is 3.54. The van der Waals surface area contributed by atoms with Crippen molar-refractivity contribution in [2.24, 2.45) is 0 Å². The first-order valence-electron chi connectivity index (χ1n) is 8.66. The van der Waals surface area contributed by atoms with E-state index >= 15 is 0 Å². The predicted octanol–water partition coefficient (Wildman–Crippen LogP) is 2.97. The second kappa shape index (κ2) is 6.78. The molecule has 1 aromatic carbocycles. The van der Waals surface area contributed by atoms with Crippen LogP contribution < -0.4 is 5.32 Å². The Morgan fingerprint density at radius 2 is 1.96 bits per heavy atom. The number of pyridine rings is 1.